The van der Waals surface area contributed by atoms with E-state index < -0.39 is 11.7 Å². The Morgan fingerprint density at radius 3 is 2.45 bits per heavy atom. The van der Waals surface area contributed by atoms with E-state index in [1.807, 2.05) is 6.07 Å². The zero-order valence-electron chi connectivity index (χ0n) is 11.4. The largest absolute Gasteiger partial charge is 0.477 e. The number of rotatable bonds is 4. The maximum absolute atomic E-state index is 12.4. The van der Waals surface area contributed by atoms with Gasteiger partial charge in [-0.2, -0.15) is 18.4 Å². The lowest BCUT2D eigenvalue weighted by molar-refractivity contribution is -0.137. The standard InChI is InChI=1S/C15H12F3N3O/c16-15(17,18)11-3-1-10(2-4-11)5-6-22-14-8-12(20)7-13(9-19)21-14/h1-4,7-8H,5-6H2,(H2,20,21). The van der Waals surface area contributed by atoms with E-state index in [1.54, 1.807) is 0 Å². The van der Waals surface area contributed by atoms with E-state index in [0.717, 1.165) is 12.1 Å². The molecule has 1 aromatic carbocycles. The van der Waals surface area contributed by atoms with E-state index in [1.165, 1.54) is 24.3 Å². The van der Waals surface area contributed by atoms with E-state index in [4.69, 9.17) is 15.7 Å². The fourth-order valence-electron chi connectivity index (χ4n) is 1.79. The number of anilines is 1. The van der Waals surface area contributed by atoms with Gasteiger partial charge in [0.05, 0.1) is 12.2 Å². The lowest BCUT2D eigenvalue weighted by atomic mass is 10.1. The van der Waals surface area contributed by atoms with Gasteiger partial charge in [0.25, 0.3) is 0 Å². The molecule has 0 atom stereocenters. The van der Waals surface area contributed by atoms with Crippen molar-refractivity contribution in [2.75, 3.05) is 12.3 Å². The predicted molar refractivity (Wildman–Crippen MR) is 74.0 cm³/mol. The van der Waals surface area contributed by atoms with Gasteiger partial charge in [0.2, 0.25) is 5.88 Å². The zero-order valence-corrected chi connectivity index (χ0v) is 11.4. The number of benzene rings is 1. The number of hydrogen-bond acceptors (Lipinski definition) is 4. The number of halogens is 3. The molecule has 2 N–H and O–H groups in total. The van der Waals surface area contributed by atoms with Crippen molar-refractivity contribution in [3.63, 3.8) is 0 Å². The molecule has 0 fully saturated rings. The van der Waals surface area contributed by atoms with Crippen LogP contribution >= 0.6 is 0 Å². The number of nitrogens with two attached hydrogens (primary N) is 1. The van der Waals surface area contributed by atoms with Crippen LogP contribution in [0.3, 0.4) is 0 Å². The highest BCUT2D eigenvalue weighted by molar-refractivity contribution is 5.45. The smallest absolute Gasteiger partial charge is 0.416 e. The monoisotopic (exact) mass is 307 g/mol. The molecule has 0 aliphatic heterocycles. The molecule has 4 nitrogen and oxygen atoms in total. The van der Waals surface area contributed by atoms with Gasteiger partial charge in [-0.05, 0) is 23.8 Å². The van der Waals surface area contributed by atoms with E-state index in [-0.39, 0.29) is 18.2 Å². The normalized spacial score (nSPS) is 11.0. The van der Waals surface area contributed by atoms with Gasteiger partial charge in [0, 0.05) is 18.2 Å². The summed E-state index contributed by atoms with van der Waals surface area (Å²) in [5, 5.41) is 8.77. The molecule has 0 unspecified atom stereocenters. The zero-order chi connectivity index (χ0) is 16.2. The van der Waals surface area contributed by atoms with Crippen molar-refractivity contribution in [2.45, 2.75) is 12.6 Å². The second-order valence-electron chi connectivity index (χ2n) is 4.53. The first kappa shape index (κ1) is 15.6. The Hall–Kier alpha value is -2.75. The molecule has 0 aliphatic carbocycles. The number of pyridine rings is 1. The summed E-state index contributed by atoms with van der Waals surface area (Å²) < 4.78 is 42.7. The average molecular weight is 307 g/mol. The minimum absolute atomic E-state index is 0.143. The topological polar surface area (TPSA) is 71.9 Å². The molecule has 0 aliphatic rings. The Labute approximate surface area is 125 Å². The minimum Gasteiger partial charge on any atom is -0.477 e. The van der Waals surface area contributed by atoms with Crippen LogP contribution in [0.1, 0.15) is 16.8 Å². The summed E-state index contributed by atoms with van der Waals surface area (Å²) >= 11 is 0. The second kappa shape index (κ2) is 6.35. The molecule has 0 radical (unpaired) electrons. The van der Waals surface area contributed by atoms with Gasteiger partial charge in [0.15, 0.2) is 0 Å². The fourth-order valence-corrected chi connectivity index (χ4v) is 1.79. The third-order valence-electron chi connectivity index (χ3n) is 2.86. The van der Waals surface area contributed by atoms with Crippen LogP contribution in [0.5, 0.6) is 5.88 Å². The molecule has 1 heterocycles. The minimum atomic E-state index is -4.34. The van der Waals surface area contributed by atoms with Gasteiger partial charge in [-0.25, -0.2) is 4.98 Å². The molecule has 114 valence electrons. The lowest BCUT2D eigenvalue weighted by Crippen LogP contribution is -2.06. The Morgan fingerprint density at radius 1 is 1.18 bits per heavy atom. The van der Waals surface area contributed by atoms with Gasteiger partial charge in [-0.1, -0.05) is 12.1 Å². The molecular weight excluding hydrogens is 295 g/mol. The van der Waals surface area contributed by atoms with Gasteiger partial charge >= 0.3 is 6.18 Å². The van der Waals surface area contributed by atoms with Crippen molar-refractivity contribution >= 4 is 5.69 Å². The third-order valence-corrected chi connectivity index (χ3v) is 2.86. The van der Waals surface area contributed by atoms with Gasteiger partial charge < -0.3 is 10.5 Å². The molecule has 0 saturated carbocycles. The van der Waals surface area contributed by atoms with E-state index in [9.17, 15) is 13.2 Å². The van der Waals surface area contributed by atoms with Crippen LogP contribution in [0, 0.1) is 11.3 Å². The van der Waals surface area contributed by atoms with Crippen molar-refractivity contribution in [1.29, 1.82) is 5.26 Å². The predicted octanol–water partition coefficient (Wildman–Crippen LogP) is 3.18. The number of hydrogen-bond donors (Lipinski definition) is 1. The van der Waals surface area contributed by atoms with Crippen LogP contribution in [0.25, 0.3) is 0 Å². The van der Waals surface area contributed by atoms with Crippen molar-refractivity contribution in [3.05, 3.63) is 53.2 Å². The highest BCUT2D eigenvalue weighted by atomic mass is 19.4. The first-order chi connectivity index (χ1) is 10.4. The summed E-state index contributed by atoms with van der Waals surface area (Å²) in [4.78, 5) is 3.92. The second-order valence-corrected chi connectivity index (χ2v) is 4.53. The molecule has 22 heavy (non-hydrogen) atoms. The number of nitrogen functional groups attached to an aromatic ring is 1. The van der Waals surface area contributed by atoms with Crippen molar-refractivity contribution < 1.29 is 17.9 Å². The van der Waals surface area contributed by atoms with Gasteiger partial charge in [-0.15, -0.1) is 0 Å². The van der Waals surface area contributed by atoms with Crippen LogP contribution in [0.15, 0.2) is 36.4 Å². The Bertz CT molecular complexity index is 691. The molecule has 7 heteroatoms. The van der Waals surface area contributed by atoms with Crippen LogP contribution in [0.4, 0.5) is 18.9 Å². The highest BCUT2D eigenvalue weighted by Gasteiger charge is 2.29. The molecular formula is C15H12F3N3O. The summed E-state index contributed by atoms with van der Waals surface area (Å²) in [5.74, 6) is 0.212. The summed E-state index contributed by atoms with van der Waals surface area (Å²) in [6.07, 6.45) is -3.93. The first-order valence-electron chi connectivity index (χ1n) is 6.35. The number of nitriles is 1. The average Bonchev–Trinajstić information content (AvgIpc) is 2.46. The summed E-state index contributed by atoms with van der Waals surface area (Å²) in [5.41, 5.74) is 6.12. The van der Waals surface area contributed by atoms with Crippen LogP contribution in [-0.2, 0) is 12.6 Å². The van der Waals surface area contributed by atoms with Crippen molar-refractivity contribution in [1.82, 2.24) is 4.98 Å². The molecule has 0 spiro atoms. The molecule has 0 bridgehead atoms. The highest BCUT2D eigenvalue weighted by Crippen LogP contribution is 2.29. The lowest BCUT2D eigenvalue weighted by Gasteiger charge is -2.09. The number of aromatic nitrogens is 1. The van der Waals surface area contributed by atoms with E-state index in [0.29, 0.717) is 17.7 Å². The summed E-state index contributed by atoms with van der Waals surface area (Å²) in [7, 11) is 0. The fraction of sp³-hybridized carbons (Fsp3) is 0.200. The van der Waals surface area contributed by atoms with Crippen LogP contribution < -0.4 is 10.5 Å². The molecule has 1 aromatic heterocycles. The summed E-state index contributed by atoms with van der Waals surface area (Å²) in [6, 6.07) is 9.62. The van der Waals surface area contributed by atoms with Crippen LogP contribution in [0.2, 0.25) is 0 Å². The van der Waals surface area contributed by atoms with Crippen LogP contribution in [-0.4, -0.2) is 11.6 Å². The maximum atomic E-state index is 12.4. The van der Waals surface area contributed by atoms with Gasteiger partial charge in [-0.3, -0.25) is 0 Å². The summed E-state index contributed by atoms with van der Waals surface area (Å²) in [6.45, 7) is 0.215. The maximum Gasteiger partial charge on any atom is 0.416 e. The first-order valence-corrected chi connectivity index (χ1v) is 6.35. The molecule has 2 rings (SSSR count). The molecule has 0 saturated heterocycles. The molecule has 2 aromatic rings. The number of nitrogens with zero attached hydrogens (tertiary/aromatic N) is 2. The quantitative estimate of drug-likeness (QED) is 0.941. The van der Waals surface area contributed by atoms with E-state index in [2.05, 4.69) is 4.98 Å². The number of ether oxygens (including phenoxy) is 1. The third kappa shape index (κ3) is 4.12. The Balaban J connectivity index is 1.94. The van der Waals surface area contributed by atoms with Crippen molar-refractivity contribution in [3.8, 4) is 11.9 Å². The van der Waals surface area contributed by atoms with Gasteiger partial charge in [0.1, 0.15) is 11.8 Å². The SMILES string of the molecule is N#Cc1cc(N)cc(OCCc2ccc(C(F)(F)F)cc2)n1. The van der Waals surface area contributed by atoms with E-state index >= 15 is 0 Å². The molecule has 0 amide bonds. The Morgan fingerprint density at radius 2 is 1.86 bits per heavy atom. The Kier molecular flexibility index (Phi) is 4.51. The van der Waals surface area contributed by atoms with Crippen molar-refractivity contribution in [2.24, 2.45) is 0 Å². The number of alkyl halides is 3.